The minimum Gasteiger partial charge on any atom is -0.395 e. The van der Waals surface area contributed by atoms with E-state index in [4.69, 9.17) is 0 Å². The Kier molecular flexibility index (Phi) is 6.96. The number of hydrogen-bond acceptors (Lipinski definition) is 4. The van der Waals surface area contributed by atoms with Crippen LogP contribution in [-0.2, 0) is 6.54 Å². The molecule has 4 nitrogen and oxygen atoms in total. The van der Waals surface area contributed by atoms with E-state index in [1.807, 2.05) is 24.5 Å². The second-order valence-electron chi connectivity index (χ2n) is 9.30. The van der Waals surface area contributed by atoms with Crippen LogP contribution in [-0.4, -0.2) is 58.2 Å². The molecule has 0 aliphatic carbocycles. The van der Waals surface area contributed by atoms with Gasteiger partial charge in [0.1, 0.15) is 0 Å². The van der Waals surface area contributed by atoms with Crippen molar-refractivity contribution in [1.82, 2.24) is 14.8 Å². The van der Waals surface area contributed by atoms with E-state index >= 15 is 0 Å². The molecule has 3 aromatic rings. The number of nitrogens with zero attached hydrogens (tertiary/aromatic N) is 3. The van der Waals surface area contributed by atoms with Crippen LogP contribution in [0.1, 0.15) is 41.0 Å². The van der Waals surface area contributed by atoms with Crippen LogP contribution in [0.4, 0.5) is 0 Å². The van der Waals surface area contributed by atoms with Crippen LogP contribution < -0.4 is 0 Å². The highest BCUT2D eigenvalue weighted by molar-refractivity contribution is 5.69. The SMILES string of the molecule is OC[C@@H]1[C@H](c2ccc(C=Cc3ccccc3)cc2)[C@H]2CN(Cc3cccnc3)CCCCN12. The molecule has 0 spiro atoms. The van der Waals surface area contributed by atoms with E-state index in [1.165, 1.54) is 35.1 Å². The average molecular weight is 440 g/mol. The van der Waals surface area contributed by atoms with Gasteiger partial charge in [0, 0.05) is 43.5 Å². The van der Waals surface area contributed by atoms with Gasteiger partial charge in [-0.25, -0.2) is 0 Å². The Balaban J connectivity index is 1.31. The third kappa shape index (κ3) is 5.09. The first-order valence-corrected chi connectivity index (χ1v) is 12.1. The molecule has 0 saturated carbocycles. The molecule has 4 heteroatoms. The van der Waals surface area contributed by atoms with Gasteiger partial charge in [-0.2, -0.15) is 0 Å². The van der Waals surface area contributed by atoms with Crippen molar-refractivity contribution in [2.75, 3.05) is 26.2 Å². The first kappa shape index (κ1) is 22.0. The lowest BCUT2D eigenvalue weighted by atomic mass is 9.74. The molecule has 2 fully saturated rings. The molecule has 170 valence electrons. The molecular weight excluding hydrogens is 406 g/mol. The summed E-state index contributed by atoms with van der Waals surface area (Å²) in [6, 6.07) is 24.2. The summed E-state index contributed by atoms with van der Waals surface area (Å²) in [4.78, 5) is 9.41. The highest BCUT2D eigenvalue weighted by Gasteiger charge is 2.48. The van der Waals surface area contributed by atoms with Crippen molar-refractivity contribution >= 4 is 12.2 Å². The summed E-state index contributed by atoms with van der Waals surface area (Å²) in [7, 11) is 0. The van der Waals surface area contributed by atoms with Crippen LogP contribution >= 0.6 is 0 Å². The Labute approximate surface area is 197 Å². The van der Waals surface area contributed by atoms with E-state index < -0.39 is 0 Å². The van der Waals surface area contributed by atoms with Gasteiger partial charge in [0.15, 0.2) is 0 Å². The smallest absolute Gasteiger partial charge is 0.0593 e. The molecule has 5 rings (SSSR count). The van der Waals surface area contributed by atoms with Crippen molar-refractivity contribution in [2.45, 2.75) is 37.4 Å². The maximum Gasteiger partial charge on any atom is 0.0593 e. The first-order chi connectivity index (χ1) is 16.3. The Morgan fingerprint density at radius 3 is 2.36 bits per heavy atom. The zero-order valence-corrected chi connectivity index (χ0v) is 19.1. The molecule has 33 heavy (non-hydrogen) atoms. The van der Waals surface area contributed by atoms with Gasteiger partial charge in [0.2, 0.25) is 0 Å². The summed E-state index contributed by atoms with van der Waals surface area (Å²) < 4.78 is 0. The van der Waals surface area contributed by atoms with E-state index in [1.54, 1.807) is 0 Å². The molecule has 0 radical (unpaired) electrons. The van der Waals surface area contributed by atoms with Crippen LogP contribution in [0.25, 0.3) is 12.2 Å². The number of aliphatic hydroxyl groups is 1. The topological polar surface area (TPSA) is 39.6 Å². The molecular formula is C29H33N3O. The van der Waals surface area contributed by atoms with Crippen molar-refractivity contribution in [1.29, 1.82) is 0 Å². The predicted molar refractivity (Wildman–Crippen MR) is 135 cm³/mol. The average Bonchev–Trinajstić information content (AvgIpc) is 2.85. The molecule has 0 amide bonds. The fourth-order valence-electron chi connectivity index (χ4n) is 5.49. The zero-order valence-electron chi connectivity index (χ0n) is 19.1. The quantitative estimate of drug-likeness (QED) is 0.566. The van der Waals surface area contributed by atoms with E-state index in [0.717, 1.165) is 26.2 Å². The lowest BCUT2D eigenvalue weighted by Crippen LogP contribution is -2.67. The van der Waals surface area contributed by atoms with Gasteiger partial charge in [0.05, 0.1) is 6.61 Å². The molecule has 0 unspecified atom stereocenters. The summed E-state index contributed by atoms with van der Waals surface area (Å²) >= 11 is 0. The van der Waals surface area contributed by atoms with Crippen LogP contribution in [0, 0.1) is 0 Å². The minimum atomic E-state index is 0.221. The Morgan fingerprint density at radius 2 is 1.64 bits per heavy atom. The summed E-state index contributed by atoms with van der Waals surface area (Å²) in [5.41, 5.74) is 5.03. The zero-order chi connectivity index (χ0) is 22.5. The number of benzene rings is 2. The third-order valence-corrected chi connectivity index (χ3v) is 7.17. The van der Waals surface area contributed by atoms with E-state index in [0.29, 0.717) is 12.0 Å². The minimum absolute atomic E-state index is 0.221. The largest absolute Gasteiger partial charge is 0.395 e. The van der Waals surface area contributed by atoms with Gasteiger partial charge in [0.25, 0.3) is 0 Å². The number of aromatic nitrogens is 1. The summed E-state index contributed by atoms with van der Waals surface area (Å²) in [6.45, 7) is 4.41. The summed E-state index contributed by atoms with van der Waals surface area (Å²) in [5, 5.41) is 10.2. The molecule has 2 aliphatic heterocycles. The van der Waals surface area contributed by atoms with Crippen LogP contribution in [0.5, 0.6) is 0 Å². The normalized spacial score (nSPS) is 24.1. The van der Waals surface area contributed by atoms with Crippen molar-refractivity contribution in [3.05, 3.63) is 101 Å². The van der Waals surface area contributed by atoms with E-state index in [2.05, 4.69) is 81.5 Å². The molecule has 3 heterocycles. The van der Waals surface area contributed by atoms with Gasteiger partial charge < -0.3 is 5.11 Å². The predicted octanol–water partition coefficient (Wildman–Crippen LogP) is 4.68. The highest BCUT2D eigenvalue weighted by Crippen LogP contribution is 2.42. The molecule has 3 atom stereocenters. The maximum absolute atomic E-state index is 10.2. The van der Waals surface area contributed by atoms with Crippen LogP contribution in [0.3, 0.4) is 0 Å². The molecule has 2 aromatic carbocycles. The van der Waals surface area contributed by atoms with Gasteiger partial charge in [-0.3, -0.25) is 14.8 Å². The molecule has 2 aliphatic rings. The summed E-state index contributed by atoms with van der Waals surface area (Å²) in [5.74, 6) is 0.372. The van der Waals surface area contributed by atoms with Crippen molar-refractivity contribution in [2.24, 2.45) is 0 Å². The number of aliphatic hydroxyl groups excluding tert-OH is 1. The maximum atomic E-state index is 10.2. The standard InChI is InChI=1S/C29H33N3O/c33-22-28-29(26-14-12-24(13-15-26)11-10-23-7-2-1-3-8-23)27-21-31(17-4-5-18-32(27)28)20-25-9-6-16-30-19-25/h1-3,6-16,19,27-29,33H,4-5,17-18,20-22H2/t27-,28-,29-/m1/s1. The lowest BCUT2D eigenvalue weighted by molar-refractivity contribution is -0.0655. The fraction of sp³-hybridized carbons (Fsp3) is 0.345. The lowest BCUT2D eigenvalue weighted by Gasteiger charge is -2.57. The summed E-state index contributed by atoms with van der Waals surface area (Å²) in [6.07, 6.45) is 10.5. The van der Waals surface area contributed by atoms with Crippen LogP contribution in [0.2, 0.25) is 0 Å². The van der Waals surface area contributed by atoms with E-state index in [-0.39, 0.29) is 12.6 Å². The van der Waals surface area contributed by atoms with Gasteiger partial charge in [-0.05, 0) is 54.3 Å². The van der Waals surface area contributed by atoms with E-state index in [9.17, 15) is 5.11 Å². The number of hydrogen-bond donors (Lipinski definition) is 1. The van der Waals surface area contributed by atoms with Crippen LogP contribution in [0.15, 0.2) is 79.1 Å². The van der Waals surface area contributed by atoms with Crippen molar-refractivity contribution in [3.8, 4) is 0 Å². The Hall–Kier alpha value is -2.79. The monoisotopic (exact) mass is 439 g/mol. The first-order valence-electron chi connectivity index (χ1n) is 12.1. The van der Waals surface area contributed by atoms with Gasteiger partial charge in [-0.15, -0.1) is 0 Å². The Bertz CT molecular complexity index is 1040. The number of pyridine rings is 1. The van der Waals surface area contributed by atoms with Crippen molar-refractivity contribution < 1.29 is 5.11 Å². The molecule has 0 bridgehead atoms. The second-order valence-corrected chi connectivity index (χ2v) is 9.30. The Morgan fingerprint density at radius 1 is 0.879 bits per heavy atom. The third-order valence-electron chi connectivity index (χ3n) is 7.17. The molecule has 2 saturated heterocycles. The van der Waals surface area contributed by atoms with Gasteiger partial charge >= 0.3 is 0 Å². The molecule has 1 N–H and O–H groups in total. The number of rotatable bonds is 6. The van der Waals surface area contributed by atoms with Gasteiger partial charge in [-0.1, -0.05) is 72.8 Å². The van der Waals surface area contributed by atoms with Crippen molar-refractivity contribution in [3.63, 3.8) is 0 Å². The number of fused-ring (bicyclic) bond motifs is 1. The highest BCUT2D eigenvalue weighted by atomic mass is 16.3. The second kappa shape index (κ2) is 10.4. The fourth-order valence-corrected chi connectivity index (χ4v) is 5.49. The molecule has 1 aromatic heterocycles.